The number of fused-ring (bicyclic) bond motifs is 6. The summed E-state index contributed by atoms with van der Waals surface area (Å²) in [5.41, 5.74) is 12.5. The number of aryl methyl sites for hydroxylation is 1. The highest BCUT2D eigenvalue weighted by Crippen LogP contribution is 2.42. The number of nitrogens with one attached hydrogen (secondary N) is 1. The molecule has 192 valence electrons. The first kappa shape index (κ1) is 26.7. The first-order valence-corrected chi connectivity index (χ1v) is 14.1. The fourth-order valence-electron chi connectivity index (χ4n) is 5.40. The van der Waals surface area contributed by atoms with E-state index in [0.717, 1.165) is 52.2 Å². The zero-order valence-electron chi connectivity index (χ0n) is 22.0. The van der Waals surface area contributed by atoms with Crippen molar-refractivity contribution in [3.05, 3.63) is 93.6 Å². The van der Waals surface area contributed by atoms with Crippen LogP contribution in [-0.4, -0.2) is 40.6 Å². The van der Waals surface area contributed by atoms with Gasteiger partial charge in [-0.3, -0.25) is 0 Å². The number of rotatable bonds is 2. The molecule has 2 aliphatic carbocycles. The van der Waals surface area contributed by atoms with Crippen molar-refractivity contribution in [2.75, 3.05) is 19.2 Å². The van der Waals surface area contributed by atoms with E-state index in [4.69, 9.17) is 9.47 Å². The molecule has 0 saturated heterocycles. The maximum absolute atomic E-state index is 12.0. The molecular weight excluding hydrogens is 579 g/mol. The number of ether oxygens (including phenoxy) is 2. The van der Waals surface area contributed by atoms with E-state index in [1.54, 1.807) is 0 Å². The van der Waals surface area contributed by atoms with E-state index in [0.29, 0.717) is 11.1 Å². The molecule has 0 amide bonds. The van der Waals surface area contributed by atoms with Crippen LogP contribution in [0.3, 0.4) is 0 Å². The first-order chi connectivity index (χ1) is 17.9. The number of hydrogen-bond donors (Lipinski definition) is 1. The highest BCUT2D eigenvalue weighted by molar-refractivity contribution is 14.1. The molecule has 0 radical (unpaired) electrons. The topological polar surface area (TPSA) is 73.3 Å². The van der Waals surface area contributed by atoms with Crippen LogP contribution in [0.15, 0.2) is 48.5 Å². The maximum atomic E-state index is 12.0. The number of H-pyrrole nitrogens is 1. The number of nitrogens with zero attached hydrogens (tertiary/aromatic N) is 1. The van der Waals surface area contributed by atoms with E-state index in [9.17, 15) is 9.59 Å². The number of hydrogen-bond acceptors (Lipinski definition) is 4. The van der Waals surface area contributed by atoms with Gasteiger partial charge in [0.25, 0.3) is 0 Å². The number of benzene rings is 2. The minimum atomic E-state index is -0.267. The largest absolute Gasteiger partial charge is 0.465 e. The Morgan fingerprint density at radius 3 is 1.92 bits per heavy atom. The minimum absolute atomic E-state index is 0.249. The average Bonchev–Trinajstić information content (AvgIpc) is 3.63. The van der Waals surface area contributed by atoms with Crippen molar-refractivity contribution >= 4 is 34.5 Å². The van der Waals surface area contributed by atoms with Gasteiger partial charge in [-0.05, 0) is 41.0 Å². The zero-order valence-corrected chi connectivity index (χ0v) is 24.1. The van der Waals surface area contributed by atoms with E-state index in [2.05, 4.69) is 56.4 Å². The van der Waals surface area contributed by atoms with Crippen molar-refractivity contribution in [1.82, 2.24) is 9.55 Å². The van der Waals surface area contributed by atoms with E-state index in [1.807, 2.05) is 50.1 Å². The monoisotopic (exact) mass is 610 g/mol. The van der Waals surface area contributed by atoms with Gasteiger partial charge in [0.05, 0.1) is 25.3 Å². The van der Waals surface area contributed by atoms with E-state index < -0.39 is 0 Å². The highest BCUT2D eigenvalue weighted by atomic mass is 127. The number of carbonyl (C=O) groups excluding carboxylic acids is 2. The molecule has 0 aliphatic heterocycles. The van der Waals surface area contributed by atoms with Crippen molar-refractivity contribution in [1.29, 1.82) is 0 Å². The van der Waals surface area contributed by atoms with Crippen LogP contribution < -0.4 is 0 Å². The Bertz CT molecular complexity index is 1500. The average molecular weight is 610 g/mol. The fourth-order valence-corrected chi connectivity index (χ4v) is 5.40. The van der Waals surface area contributed by atoms with Crippen molar-refractivity contribution in [2.24, 2.45) is 7.05 Å². The summed E-state index contributed by atoms with van der Waals surface area (Å²) in [5, 5.41) is 0. The lowest BCUT2D eigenvalue weighted by molar-refractivity contribution is 0.0591. The third-order valence-electron chi connectivity index (χ3n) is 7.15. The third kappa shape index (κ3) is 4.50. The lowest BCUT2D eigenvalue weighted by Gasteiger charge is -2.05. The Labute approximate surface area is 231 Å². The summed E-state index contributed by atoms with van der Waals surface area (Å²) in [6, 6.07) is 16.4. The molecule has 2 aromatic heterocycles. The minimum Gasteiger partial charge on any atom is -0.465 e. The number of esters is 2. The van der Waals surface area contributed by atoms with Crippen LogP contribution in [0.4, 0.5) is 0 Å². The Morgan fingerprint density at radius 1 is 0.811 bits per heavy atom. The van der Waals surface area contributed by atoms with Crippen molar-refractivity contribution in [2.45, 2.75) is 26.7 Å². The standard InChI is InChI=1S/C15H15NO2.C14H13NO2.CH3I/c1-9-13(15(17)18-3)14-11-7-5-4-6-10(11)8-12(14)16(9)2;1-8-12(14(16)17-2)13-10-6-4-3-5-9(10)7-11(13)15-8;1-2/h4-7H,8H2,1-3H3;3-6,15H,7H2,1-2H3;1H3. The number of aromatic nitrogens is 2. The molecule has 6 rings (SSSR count). The molecule has 0 fully saturated rings. The first-order valence-electron chi connectivity index (χ1n) is 12.0. The van der Waals surface area contributed by atoms with Gasteiger partial charge < -0.3 is 19.0 Å². The predicted octanol–water partition coefficient (Wildman–Crippen LogP) is 6.42. The Hall–Kier alpha value is -3.33. The number of alkyl halides is 1. The number of carbonyl (C=O) groups is 2. The molecule has 4 aromatic rings. The quantitative estimate of drug-likeness (QED) is 0.140. The van der Waals surface area contributed by atoms with Crippen LogP contribution in [0.5, 0.6) is 0 Å². The molecule has 2 heterocycles. The number of methoxy groups -OCH3 is 2. The molecule has 2 aliphatic rings. The number of aromatic amines is 1. The maximum Gasteiger partial charge on any atom is 0.340 e. The van der Waals surface area contributed by atoms with Gasteiger partial charge in [-0.25, -0.2) is 9.59 Å². The molecular formula is C30H31IN2O4. The zero-order chi connectivity index (χ0) is 26.9. The number of halogens is 1. The van der Waals surface area contributed by atoms with Crippen LogP contribution in [-0.2, 0) is 29.4 Å². The summed E-state index contributed by atoms with van der Waals surface area (Å²) in [4.78, 5) is 29.1. The Morgan fingerprint density at radius 2 is 1.32 bits per heavy atom. The predicted molar refractivity (Wildman–Crippen MR) is 155 cm³/mol. The lowest BCUT2D eigenvalue weighted by atomic mass is 10.0. The molecule has 7 heteroatoms. The van der Waals surface area contributed by atoms with Crippen molar-refractivity contribution in [3.63, 3.8) is 0 Å². The molecule has 0 atom stereocenters. The van der Waals surface area contributed by atoms with Crippen LogP contribution in [0.25, 0.3) is 22.3 Å². The molecule has 0 bridgehead atoms. The van der Waals surface area contributed by atoms with Gasteiger partial charge in [-0.15, -0.1) is 0 Å². The summed E-state index contributed by atoms with van der Waals surface area (Å²) >= 11 is 2.15. The van der Waals surface area contributed by atoms with Crippen molar-refractivity contribution < 1.29 is 19.1 Å². The van der Waals surface area contributed by atoms with Gasteiger partial charge in [0.15, 0.2) is 0 Å². The third-order valence-corrected chi connectivity index (χ3v) is 7.15. The van der Waals surface area contributed by atoms with E-state index >= 15 is 0 Å². The van der Waals surface area contributed by atoms with Gasteiger partial charge in [0.2, 0.25) is 0 Å². The second kappa shape index (κ2) is 11.0. The SMILES string of the molecule is CI.COC(=O)c1c(C)[nH]c2c1-c1ccccc1C2.COC(=O)c1c2c(n(C)c1C)Cc1ccccc1-2. The van der Waals surface area contributed by atoms with E-state index in [1.165, 1.54) is 31.0 Å². The van der Waals surface area contributed by atoms with Crippen molar-refractivity contribution in [3.8, 4) is 22.3 Å². The second-order valence-corrected chi connectivity index (χ2v) is 8.97. The molecule has 1 N–H and O–H groups in total. The normalized spacial score (nSPS) is 11.6. The van der Waals surface area contributed by atoms with Gasteiger partial charge in [-0.1, -0.05) is 71.1 Å². The lowest BCUT2D eigenvalue weighted by Crippen LogP contribution is -2.05. The molecule has 0 unspecified atom stereocenters. The van der Waals surface area contributed by atoms with Gasteiger partial charge in [0.1, 0.15) is 0 Å². The molecule has 6 nitrogen and oxygen atoms in total. The highest BCUT2D eigenvalue weighted by Gasteiger charge is 2.31. The molecule has 37 heavy (non-hydrogen) atoms. The smallest absolute Gasteiger partial charge is 0.340 e. The van der Waals surface area contributed by atoms with Gasteiger partial charge in [-0.2, -0.15) is 0 Å². The summed E-state index contributed by atoms with van der Waals surface area (Å²) in [7, 11) is 4.86. The summed E-state index contributed by atoms with van der Waals surface area (Å²) < 4.78 is 11.9. The second-order valence-electron chi connectivity index (χ2n) is 8.97. The fraction of sp³-hybridized carbons (Fsp3) is 0.267. The molecule has 0 saturated carbocycles. The van der Waals surface area contributed by atoms with E-state index in [-0.39, 0.29) is 11.9 Å². The molecule has 0 spiro atoms. The summed E-state index contributed by atoms with van der Waals surface area (Å²) in [5.74, 6) is -0.516. The van der Waals surface area contributed by atoms with Crippen LogP contribution in [0.2, 0.25) is 0 Å². The Balaban J connectivity index is 0.000000162. The summed E-state index contributed by atoms with van der Waals surface area (Å²) in [6.45, 7) is 3.88. The van der Waals surface area contributed by atoms with Gasteiger partial charge >= 0.3 is 11.9 Å². The summed E-state index contributed by atoms with van der Waals surface area (Å²) in [6.07, 6.45) is 1.75. The van der Waals surface area contributed by atoms with Crippen LogP contribution in [0.1, 0.15) is 54.6 Å². The van der Waals surface area contributed by atoms with Gasteiger partial charge in [0, 0.05) is 53.8 Å². The van der Waals surface area contributed by atoms with Crippen LogP contribution >= 0.6 is 22.6 Å². The Kier molecular flexibility index (Phi) is 7.92. The van der Waals surface area contributed by atoms with Crippen LogP contribution in [0, 0.1) is 13.8 Å². The molecule has 2 aromatic carbocycles.